The normalized spacial score (nSPS) is 20.9. The van der Waals surface area contributed by atoms with Gasteiger partial charge in [-0.3, -0.25) is 9.69 Å². The van der Waals surface area contributed by atoms with E-state index in [1.54, 1.807) is 6.92 Å². The van der Waals surface area contributed by atoms with E-state index in [0.29, 0.717) is 0 Å². The van der Waals surface area contributed by atoms with Crippen molar-refractivity contribution in [2.75, 3.05) is 13.1 Å². The SMILES string of the molecule is CC(=O)c1c(C)cc(C)c(CN2CCC(N)C(C)(C)C2)c1C.Cl. The molecule has 0 spiro atoms. The van der Waals surface area contributed by atoms with E-state index in [0.717, 1.165) is 42.7 Å². The number of hydrogen-bond acceptors (Lipinski definition) is 3. The number of nitrogens with zero attached hydrogens (tertiary/aromatic N) is 1. The van der Waals surface area contributed by atoms with E-state index >= 15 is 0 Å². The van der Waals surface area contributed by atoms with E-state index in [9.17, 15) is 4.79 Å². The quantitative estimate of drug-likeness (QED) is 0.853. The Morgan fingerprint density at radius 3 is 2.43 bits per heavy atom. The molecule has 2 rings (SSSR count). The van der Waals surface area contributed by atoms with E-state index in [-0.39, 0.29) is 29.6 Å². The molecule has 1 aliphatic heterocycles. The Morgan fingerprint density at radius 2 is 1.91 bits per heavy atom. The minimum atomic E-state index is 0. The van der Waals surface area contributed by atoms with Crippen LogP contribution < -0.4 is 5.73 Å². The smallest absolute Gasteiger partial charge is 0.160 e. The molecule has 1 aromatic rings. The molecule has 0 amide bonds. The van der Waals surface area contributed by atoms with Gasteiger partial charge in [0.25, 0.3) is 0 Å². The average Bonchev–Trinajstić information content (AvgIpc) is 2.37. The number of carbonyl (C=O) groups is 1. The van der Waals surface area contributed by atoms with E-state index in [2.05, 4.69) is 38.7 Å². The first-order valence-electron chi connectivity index (χ1n) is 8.22. The highest BCUT2D eigenvalue weighted by atomic mass is 35.5. The number of likely N-dealkylation sites (tertiary alicyclic amines) is 1. The molecule has 0 aromatic heterocycles. The molecule has 1 unspecified atom stereocenters. The average molecular weight is 339 g/mol. The van der Waals surface area contributed by atoms with Crippen LogP contribution in [0.25, 0.3) is 0 Å². The molecule has 23 heavy (non-hydrogen) atoms. The van der Waals surface area contributed by atoms with E-state index < -0.39 is 0 Å². The van der Waals surface area contributed by atoms with Crippen LogP contribution in [0, 0.1) is 26.2 Å². The van der Waals surface area contributed by atoms with Crippen LogP contribution >= 0.6 is 12.4 Å². The van der Waals surface area contributed by atoms with Gasteiger partial charge in [0.2, 0.25) is 0 Å². The molecule has 1 saturated heterocycles. The zero-order valence-corrected chi connectivity index (χ0v) is 16.1. The first kappa shape index (κ1) is 20.1. The molecule has 4 heteroatoms. The topological polar surface area (TPSA) is 46.3 Å². The number of rotatable bonds is 3. The van der Waals surface area contributed by atoms with Crippen molar-refractivity contribution in [2.24, 2.45) is 11.1 Å². The summed E-state index contributed by atoms with van der Waals surface area (Å²) in [5, 5.41) is 0. The summed E-state index contributed by atoms with van der Waals surface area (Å²) in [6, 6.07) is 2.43. The van der Waals surface area contributed by atoms with Crippen molar-refractivity contribution >= 4 is 18.2 Å². The predicted octanol–water partition coefficient (Wildman–Crippen LogP) is 3.80. The largest absolute Gasteiger partial charge is 0.327 e. The number of piperidine rings is 1. The molecule has 1 aromatic carbocycles. The fraction of sp³-hybridized carbons (Fsp3) is 0.632. The van der Waals surface area contributed by atoms with Crippen molar-refractivity contribution in [1.29, 1.82) is 0 Å². The van der Waals surface area contributed by atoms with Crippen LogP contribution in [0.15, 0.2) is 6.07 Å². The fourth-order valence-corrected chi connectivity index (χ4v) is 3.86. The van der Waals surface area contributed by atoms with Crippen LogP contribution in [0.4, 0.5) is 0 Å². The van der Waals surface area contributed by atoms with Gasteiger partial charge in [-0.05, 0) is 61.8 Å². The van der Waals surface area contributed by atoms with Gasteiger partial charge < -0.3 is 5.73 Å². The summed E-state index contributed by atoms with van der Waals surface area (Å²) in [6.07, 6.45) is 1.04. The number of carbonyl (C=O) groups excluding carboxylic acids is 1. The van der Waals surface area contributed by atoms with Gasteiger partial charge in [0.05, 0.1) is 0 Å². The van der Waals surface area contributed by atoms with Crippen molar-refractivity contribution < 1.29 is 4.79 Å². The van der Waals surface area contributed by atoms with Crippen molar-refractivity contribution in [3.8, 4) is 0 Å². The zero-order valence-electron chi connectivity index (χ0n) is 15.3. The van der Waals surface area contributed by atoms with Crippen LogP contribution in [-0.4, -0.2) is 29.8 Å². The molecular weight excluding hydrogens is 308 g/mol. The third-order valence-corrected chi connectivity index (χ3v) is 5.26. The Hall–Kier alpha value is -0.900. The number of Topliss-reactive ketones (excluding diaryl/α,β-unsaturated/α-hetero) is 1. The van der Waals surface area contributed by atoms with Gasteiger partial charge in [-0.15, -0.1) is 12.4 Å². The molecule has 0 saturated carbocycles. The lowest BCUT2D eigenvalue weighted by molar-refractivity contribution is 0.0894. The second kappa shape index (κ2) is 7.33. The first-order chi connectivity index (χ1) is 10.1. The molecule has 130 valence electrons. The van der Waals surface area contributed by atoms with Crippen molar-refractivity contribution in [3.05, 3.63) is 33.9 Å². The maximum atomic E-state index is 12.0. The summed E-state index contributed by atoms with van der Waals surface area (Å²) >= 11 is 0. The molecule has 1 aliphatic rings. The summed E-state index contributed by atoms with van der Waals surface area (Å²) in [4.78, 5) is 14.4. The first-order valence-corrected chi connectivity index (χ1v) is 8.22. The Morgan fingerprint density at radius 1 is 1.30 bits per heavy atom. The highest BCUT2D eigenvalue weighted by Gasteiger charge is 2.33. The number of aryl methyl sites for hydroxylation is 2. The van der Waals surface area contributed by atoms with E-state index in [1.165, 1.54) is 11.1 Å². The number of halogens is 1. The lowest BCUT2D eigenvalue weighted by Gasteiger charge is -2.43. The lowest BCUT2D eigenvalue weighted by atomic mass is 9.79. The molecule has 1 fully saturated rings. The second-order valence-electron chi connectivity index (χ2n) is 7.64. The Balaban J connectivity index is 0.00000264. The van der Waals surface area contributed by atoms with Crippen LogP contribution in [0.3, 0.4) is 0 Å². The molecule has 3 nitrogen and oxygen atoms in total. The van der Waals surface area contributed by atoms with Crippen molar-refractivity contribution in [2.45, 2.75) is 60.5 Å². The highest BCUT2D eigenvalue weighted by Crippen LogP contribution is 2.30. The summed E-state index contributed by atoms with van der Waals surface area (Å²) in [7, 11) is 0. The zero-order chi connectivity index (χ0) is 16.7. The third kappa shape index (κ3) is 4.14. The van der Waals surface area contributed by atoms with Crippen LogP contribution in [0.5, 0.6) is 0 Å². The highest BCUT2D eigenvalue weighted by molar-refractivity contribution is 5.97. The third-order valence-electron chi connectivity index (χ3n) is 5.26. The summed E-state index contributed by atoms with van der Waals surface area (Å²) < 4.78 is 0. The van der Waals surface area contributed by atoms with E-state index in [4.69, 9.17) is 5.73 Å². The molecule has 0 aliphatic carbocycles. The second-order valence-corrected chi connectivity index (χ2v) is 7.64. The molecule has 1 heterocycles. The Kier molecular flexibility index (Phi) is 6.42. The van der Waals surface area contributed by atoms with Gasteiger partial charge in [0.1, 0.15) is 0 Å². The van der Waals surface area contributed by atoms with Gasteiger partial charge >= 0.3 is 0 Å². The number of benzene rings is 1. The number of ketones is 1. The molecule has 1 atom stereocenters. The fourth-order valence-electron chi connectivity index (χ4n) is 3.86. The molecule has 0 bridgehead atoms. The predicted molar refractivity (Wildman–Crippen MR) is 99.6 cm³/mol. The van der Waals surface area contributed by atoms with Crippen LogP contribution in [0.1, 0.15) is 59.8 Å². The maximum Gasteiger partial charge on any atom is 0.160 e. The standard InChI is InChI=1S/C19H30N2O.ClH/c1-12-9-13(2)18(15(4)22)14(3)16(12)10-21-8-7-17(20)19(5,6)11-21;/h9,17H,7-8,10-11,20H2,1-6H3;1H. The minimum Gasteiger partial charge on any atom is -0.327 e. The Labute approximate surface area is 147 Å². The van der Waals surface area contributed by atoms with Gasteiger partial charge in [-0.25, -0.2) is 0 Å². The van der Waals surface area contributed by atoms with Gasteiger partial charge in [-0.2, -0.15) is 0 Å². The number of nitrogens with two attached hydrogens (primary N) is 1. The number of hydrogen-bond donors (Lipinski definition) is 1. The van der Waals surface area contributed by atoms with Gasteiger partial charge in [0, 0.05) is 31.2 Å². The lowest BCUT2D eigenvalue weighted by Crippen LogP contribution is -2.52. The summed E-state index contributed by atoms with van der Waals surface area (Å²) in [5.41, 5.74) is 12.1. The van der Waals surface area contributed by atoms with Gasteiger partial charge in [-0.1, -0.05) is 19.9 Å². The maximum absolute atomic E-state index is 12.0. The summed E-state index contributed by atoms with van der Waals surface area (Å²) in [6.45, 7) is 15.4. The van der Waals surface area contributed by atoms with E-state index in [1.807, 2.05) is 6.92 Å². The molecular formula is C19H31ClN2O. The molecule has 2 N–H and O–H groups in total. The van der Waals surface area contributed by atoms with Crippen LogP contribution in [-0.2, 0) is 6.54 Å². The monoisotopic (exact) mass is 338 g/mol. The van der Waals surface area contributed by atoms with Gasteiger partial charge in [0.15, 0.2) is 5.78 Å². The summed E-state index contributed by atoms with van der Waals surface area (Å²) in [5.74, 6) is 0.164. The molecule has 0 radical (unpaired) electrons. The van der Waals surface area contributed by atoms with Crippen molar-refractivity contribution in [1.82, 2.24) is 4.90 Å². The van der Waals surface area contributed by atoms with Crippen LogP contribution in [0.2, 0.25) is 0 Å². The Bertz CT molecular complexity index is 596. The minimum absolute atomic E-state index is 0. The van der Waals surface area contributed by atoms with Crippen molar-refractivity contribution in [3.63, 3.8) is 0 Å².